The Morgan fingerprint density at radius 2 is 2.00 bits per heavy atom. The zero-order chi connectivity index (χ0) is 29.3. The molecule has 3 heterocycles. The highest BCUT2D eigenvalue weighted by Gasteiger charge is 2.32. The van der Waals surface area contributed by atoms with E-state index in [1.54, 1.807) is 37.6 Å². The monoisotopic (exact) mass is 578 g/mol. The van der Waals surface area contributed by atoms with Crippen LogP contribution in [-0.4, -0.2) is 57.9 Å². The van der Waals surface area contributed by atoms with Gasteiger partial charge in [-0.25, -0.2) is 14.4 Å². The first-order valence-electron chi connectivity index (χ1n) is 13.8. The lowest BCUT2D eigenvalue weighted by Gasteiger charge is -2.29. The smallest absolute Gasteiger partial charge is 0.417 e. The average molecular weight is 579 g/mol. The standard InChI is InChI=1S/C30H35ClN6O4/c1-18-17-37(20-8-9-21-19(15-20)12-13-36(28(21)38)29(39)41-30(2,3)4)35-27(18)34-24-11-10-23(22(16-32)26(24)31)33-25-7-5-6-14-40-25/h8-11,15-17,25,32-33H,5-7,12-14H2,1-4H3,(H,34,35). The molecule has 216 valence electrons. The van der Waals surface area contributed by atoms with Crippen LogP contribution in [0.5, 0.6) is 0 Å². The summed E-state index contributed by atoms with van der Waals surface area (Å²) in [5.41, 5.74) is 4.27. The largest absolute Gasteiger partial charge is 0.443 e. The number of aromatic nitrogens is 2. The lowest BCUT2D eigenvalue weighted by atomic mass is 9.98. The molecule has 10 nitrogen and oxygen atoms in total. The van der Waals surface area contributed by atoms with Crippen molar-refractivity contribution in [3.05, 3.63) is 63.8 Å². The molecule has 0 spiro atoms. The van der Waals surface area contributed by atoms with Gasteiger partial charge in [-0.15, -0.1) is 5.10 Å². The van der Waals surface area contributed by atoms with Crippen molar-refractivity contribution in [2.45, 2.75) is 65.2 Å². The van der Waals surface area contributed by atoms with Gasteiger partial charge in [0.05, 0.1) is 16.4 Å². The number of halogens is 1. The third-order valence-electron chi connectivity index (χ3n) is 7.02. The van der Waals surface area contributed by atoms with Crippen LogP contribution in [0.4, 0.5) is 22.0 Å². The van der Waals surface area contributed by atoms with Crippen molar-refractivity contribution in [2.24, 2.45) is 0 Å². The molecule has 2 aliphatic rings. The van der Waals surface area contributed by atoms with Crippen LogP contribution in [0, 0.1) is 12.3 Å². The Morgan fingerprint density at radius 3 is 2.71 bits per heavy atom. The van der Waals surface area contributed by atoms with E-state index in [9.17, 15) is 9.59 Å². The highest BCUT2D eigenvalue weighted by atomic mass is 35.5. The van der Waals surface area contributed by atoms with Crippen LogP contribution in [0.3, 0.4) is 0 Å². The second kappa shape index (κ2) is 11.5. The van der Waals surface area contributed by atoms with Crippen molar-refractivity contribution in [2.75, 3.05) is 23.8 Å². The minimum Gasteiger partial charge on any atom is -0.443 e. The van der Waals surface area contributed by atoms with E-state index >= 15 is 0 Å². The molecule has 11 heteroatoms. The number of nitrogens with zero attached hydrogens (tertiary/aromatic N) is 3. The second-order valence-electron chi connectivity index (χ2n) is 11.3. The normalized spacial score (nSPS) is 17.1. The molecular weight excluding hydrogens is 544 g/mol. The minimum absolute atomic E-state index is 0.0948. The molecule has 2 amide bonds. The number of carbonyl (C=O) groups is 2. The van der Waals surface area contributed by atoms with Crippen LogP contribution in [0.25, 0.3) is 5.69 Å². The molecule has 0 bridgehead atoms. The van der Waals surface area contributed by atoms with Crippen molar-refractivity contribution in [3.8, 4) is 5.69 Å². The summed E-state index contributed by atoms with van der Waals surface area (Å²) < 4.78 is 12.9. The maximum atomic E-state index is 13.0. The van der Waals surface area contributed by atoms with E-state index in [0.717, 1.165) is 53.3 Å². The first-order chi connectivity index (χ1) is 19.5. The van der Waals surface area contributed by atoms with Crippen molar-refractivity contribution >= 4 is 47.0 Å². The fraction of sp³-hybridized carbons (Fsp3) is 0.400. The molecule has 3 N–H and O–H groups in total. The Hall–Kier alpha value is -3.89. The quantitative estimate of drug-likeness (QED) is 0.287. The van der Waals surface area contributed by atoms with E-state index in [1.807, 2.05) is 31.3 Å². The van der Waals surface area contributed by atoms with Crippen LogP contribution in [-0.2, 0) is 15.9 Å². The molecule has 41 heavy (non-hydrogen) atoms. The van der Waals surface area contributed by atoms with Gasteiger partial charge in [0.15, 0.2) is 5.82 Å². The number of hydrogen-bond acceptors (Lipinski definition) is 8. The van der Waals surface area contributed by atoms with Crippen LogP contribution in [0.1, 0.15) is 67.1 Å². The SMILES string of the molecule is Cc1cn(-c2ccc3c(c2)CCN(C(=O)OC(C)(C)C)C3=O)nc1Nc1ccc(NC2CCCCO2)c(C=N)c1Cl. The zero-order valence-electron chi connectivity index (χ0n) is 23.7. The van der Waals surface area contributed by atoms with E-state index in [2.05, 4.69) is 10.6 Å². The summed E-state index contributed by atoms with van der Waals surface area (Å²) in [5, 5.41) is 19.8. The van der Waals surface area contributed by atoms with Crippen LogP contribution in [0.15, 0.2) is 36.5 Å². The van der Waals surface area contributed by atoms with Gasteiger partial charge in [0.2, 0.25) is 0 Å². The fourth-order valence-electron chi connectivity index (χ4n) is 4.94. The first kappa shape index (κ1) is 28.6. The summed E-state index contributed by atoms with van der Waals surface area (Å²) in [4.78, 5) is 26.7. The maximum Gasteiger partial charge on any atom is 0.417 e. The topological polar surface area (TPSA) is 122 Å². The molecule has 3 aromatic rings. The van der Waals surface area contributed by atoms with Crippen molar-refractivity contribution in [1.82, 2.24) is 14.7 Å². The molecule has 1 saturated heterocycles. The fourth-order valence-corrected chi connectivity index (χ4v) is 5.20. The van der Waals surface area contributed by atoms with E-state index in [0.29, 0.717) is 34.1 Å². The number of ether oxygens (including phenoxy) is 2. The lowest BCUT2D eigenvalue weighted by molar-refractivity contribution is 0.0233. The summed E-state index contributed by atoms with van der Waals surface area (Å²) in [5.74, 6) is 0.250. The van der Waals surface area contributed by atoms with E-state index in [1.165, 1.54) is 6.21 Å². The van der Waals surface area contributed by atoms with Gasteiger partial charge in [-0.05, 0) is 89.3 Å². The number of anilines is 3. The van der Waals surface area contributed by atoms with Gasteiger partial charge in [0, 0.05) is 47.9 Å². The van der Waals surface area contributed by atoms with Crippen LogP contribution < -0.4 is 10.6 Å². The van der Waals surface area contributed by atoms with Gasteiger partial charge in [-0.1, -0.05) is 11.6 Å². The van der Waals surface area contributed by atoms with Crippen LogP contribution >= 0.6 is 11.6 Å². The summed E-state index contributed by atoms with van der Waals surface area (Å²) >= 11 is 6.72. The summed E-state index contributed by atoms with van der Waals surface area (Å²) in [6.45, 7) is 8.23. The Bertz CT molecular complexity index is 1490. The highest BCUT2D eigenvalue weighted by Crippen LogP contribution is 2.34. The maximum absolute atomic E-state index is 13.0. The number of fused-ring (bicyclic) bond motifs is 1. The molecule has 1 fully saturated rings. The Morgan fingerprint density at radius 1 is 1.22 bits per heavy atom. The van der Waals surface area contributed by atoms with Crippen molar-refractivity contribution in [3.63, 3.8) is 0 Å². The second-order valence-corrected chi connectivity index (χ2v) is 11.7. The van der Waals surface area contributed by atoms with Gasteiger partial charge >= 0.3 is 6.09 Å². The molecule has 5 rings (SSSR count). The molecule has 1 atom stereocenters. The minimum atomic E-state index is -0.681. The van der Waals surface area contributed by atoms with Gasteiger partial charge in [-0.2, -0.15) is 0 Å². The number of nitrogens with one attached hydrogen (secondary N) is 3. The molecule has 0 radical (unpaired) electrons. The molecule has 2 aliphatic heterocycles. The number of aryl methyl sites for hydroxylation is 1. The van der Waals surface area contributed by atoms with Crippen molar-refractivity contribution < 1.29 is 19.1 Å². The number of hydrogen-bond donors (Lipinski definition) is 3. The molecule has 2 aromatic carbocycles. The summed E-state index contributed by atoms with van der Waals surface area (Å²) in [6.07, 6.45) is 5.98. The summed E-state index contributed by atoms with van der Waals surface area (Å²) in [7, 11) is 0. The molecule has 0 saturated carbocycles. The van der Waals surface area contributed by atoms with Crippen LogP contribution in [0.2, 0.25) is 5.02 Å². The van der Waals surface area contributed by atoms with Gasteiger partial charge < -0.3 is 25.5 Å². The van der Waals surface area contributed by atoms with E-state index in [-0.39, 0.29) is 18.7 Å². The zero-order valence-corrected chi connectivity index (χ0v) is 24.5. The van der Waals surface area contributed by atoms with Crippen molar-refractivity contribution in [1.29, 1.82) is 5.41 Å². The predicted octanol–water partition coefficient (Wildman–Crippen LogP) is 6.45. The lowest BCUT2D eigenvalue weighted by Crippen LogP contribution is -2.44. The van der Waals surface area contributed by atoms with E-state index < -0.39 is 11.7 Å². The number of imide groups is 1. The molecule has 0 aliphatic carbocycles. The van der Waals surface area contributed by atoms with Gasteiger partial charge in [0.25, 0.3) is 5.91 Å². The Kier molecular flexibility index (Phi) is 8.06. The molecule has 1 unspecified atom stereocenters. The molecule has 1 aromatic heterocycles. The molecular formula is C30H35ClN6O4. The number of rotatable bonds is 6. The van der Waals surface area contributed by atoms with Gasteiger partial charge in [0.1, 0.15) is 11.8 Å². The van der Waals surface area contributed by atoms with Gasteiger partial charge in [-0.3, -0.25) is 4.79 Å². The predicted molar refractivity (Wildman–Crippen MR) is 159 cm³/mol. The number of carbonyl (C=O) groups excluding carboxylic acids is 2. The highest BCUT2D eigenvalue weighted by molar-refractivity contribution is 6.36. The van der Waals surface area contributed by atoms with E-state index in [4.69, 9.17) is 31.6 Å². The third kappa shape index (κ3) is 6.23. The summed E-state index contributed by atoms with van der Waals surface area (Å²) in [6, 6.07) is 9.20. The Balaban J connectivity index is 1.33. The number of amides is 2. The Labute approximate surface area is 244 Å². The third-order valence-corrected chi connectivity index (χ3v) is 7.43. The average Bonchev–Trinajstić information content (AvgIpc) is 3.30. The first-order valence-corrected chi connectivity index (χ1v) is 14.1. The number of benzene rings is 2.